The molecule has 0 saturated carbocycles. The van der Waals surface area contributed by atoms with Crippen molar-refractivity contribution in [3.05, 3.63) is 41.1 Å². The minimum atomic E-state index is 0.287. The van der Waals surface area contributed by atoms with Crippen molar-refractivity contribution in [1.29, 1.82) is 0 Å². The standard InChI is InChI=1S/C16H25N3O/c1-5-8-17-16(15-7-9-20-13(15)4)11-14-10-12(3)18-19(14)6-2/h7,9-10,16-17H,5-6,8,11H2,1-4H3. The van der Waals surface area contributed by atoms with Gasteiger partial charge in [0.25, 0.3) is 0 Å². The van der Waals surface area contributed by atoms with E-state index in [1.165, 1.54) is 11.3 Å². The summed E-state index contributed by atoms with van der Waals surface area (Å²) in [5.74, 6) is 0.998. The molecule has 110 valence electrons. The minimum Gasteiger partial charge on any atom is -0.469 e. The van der Waals surface area contributed by atoms with Crippen LogP contribution in [0.1, 0.15) is 49.0 Å². The highest BCUT2D eigenvalue weighted by molar-refractivity contribution is 5.23. The van der Waals surface area contributed by atoms with Gasteiger partial charge < -0.3 is 9.73 Å². The third-order valence-electron chi connectivity index (χ3n) is 3.61. The maximum absolute atomic E-state index is 5.46. The highest BCUT2D eigenvalue weighted by Crippen LogP contribution is 2.23. The molecule has 20 heavy (non-hydrogen) atoms. The molecule has 0 aromatic carbocycles. The summed E-state index contributed by atoms with van der Waals surface area (Å²) in [6, 6.07) is 4.54. The van der Waals surface area contributed by atoms with Gasteiger partial charge in [-0.3, -0.25) is 4.68 Å². The predicted octanol–water partition coefficient (Wildman–Crippen LogP) is 3.40. The lowest BCUT2D eigenvalue weighted by atomic mass is 10.0. The zero-order valence-corrected chi connectivity index (χ0v) is 12.9. The van der Waals surface area contributed by atoms with Crippen molar-refractivity contribution in [3.63, 3.8) is 0 Å². The number of nitrogens with zero attached hydrogens (tertiary/aromatic N) is 2. The quantitative estimate of drug-likeness (QED) is 0.842. The fourth-order valence-electron chi connectivity index (χ4n) is 2.61. The van der Waals surface area contributed by atoms with Crippen LogP contribution in [0.15, 0.2) is 22.8 Å². The van der Waals surface area contributed by atoms with Crippen LogP contribution in [0, 0.1) is 13.8 Å². The van der Waals surface area contributed by atoms with Crippen LogP contribution in [-0.4, -0.2) is 16.3 Å². The average Bonchev–Trinajstić information content (AvgIpc) is 3.00. The molecule has 2 rings (SSSR count). The van der Waals surface area contributed by atoms with Gasteiger partial charge >= 0.3 is 0 Å². The van der Waals surface area contributed by atoms with Gasteiger partial charge in [0.05, 0.1) is 12.0 Å². The lowest BCUT2D eigenvalue weighted by Gasteiger charge is -2.18. The molecule has 0 spiro atoms. The number of aryl methyl sites for hydroxylation is 3. The summed E-state index contributed by atoms with van der Waals surface area (Å²) < 4.78 is 7.55. The number of hydrogen-bond donors (Lipinski definition) is 1. The Morgan fingerprint density at radius 2 is 2.15 bits per heavy atom. The minimum absolute atomic E-state index is 0.287. The highest BCUT2D eigenvalue weighted by Gasteiger charge is 2.18. The van der Waals surface area contributed by atoms with E-state index in [9.17, 15) is 0 Å². The Morgan fingerprint density at radius 1 is 1.35 bits per heavy atom. The fourth-order valence-corrected chi connectivity index (χ4v) is 2.61. The molecule has 0 amide bonds. The molecule has 2 aromatic heterocycles. The largest absolute Gasteiger partial charge is 0.469 e. The molecule has 2 heterocycles. The lowest BCUT2D eigenvalue weighted by Crippen LogP contribution is -2.25. The normalized spacial score (nSPS) is 12.8. The topological polar surface area (TPSA) is 43.0 Å². The number of aromatic nitrogens is 2. The average molecular weight is 275 g/mol. The molecule has 1 N–H and O–H groups in total. The summed E-state index contributed by atoms with van der Waals surface area (Å²) in [5, 5.41) is 8.15. The number of nitrogens with one attached hydrogen (secondary N) is 1. The Hall–Kier alpha value is -1.55. The smallest absolute Gasteiger partial charge is 0.105 e. The Bertz CT molecular complexity index is 542. The molecule has 0 fully saturated rings. The molecule has 1 atom stereocenters. The van der Waals surface area contributed by atoms with Gasteiger partial charge in [0, 0.05) is 30.3 Å². The zero-order valence-electron chi connectivity index (χ0n) is 12.9. The van der Waals surface area contributed by atoms with E-state index in [4.69, 9.17) is 4.42 Å². The van der Waals surface area contributed by atoms with E-state index in [1.807, 2.05) is 13.8 Å². The number of furan rings is 1. The molecule has 0 aliphatic heterocycles. The van der Waals surface area contributed by atoms with E-state index in [1.54, 1.807) is 6.26 Å². The second-order valence-electron chi connectivity index (χ2n) is 5.24. The van der Waals surface area contributed by atoms with E-state index >= 15 is 0 Å². The van der Waals surface area contributed by atoms with E-state index < -0.39 is 0 Å². The third-order valence-corrected chi connectivity index (χ3v) is 3.61. The van der Waals surface area contributed by atoms with Crippen LogP contribution >= 0.6 is 0 Å². The SMILES string of the molecule is CCCNC(Cc1cc(C)nn1CC)c1ccoc1C. The van der Waals surface area contributed by atoms with Crippen LogP contribution in [0.25, 0.3) is 0 Å². The molecule has 0 aliphatic rings. The van der Waals surface area contributed by atoms with Crippen molar-refractivity contribution in [2.24, 2.45) is 0 Å². The van der Waals surface area contributed by atoms with E-state index in [0.717, 1.165) is 37.4 Å². The first kappa shape index (κ1) is 14.9. The Labute approximate surface area is 121 Å². The second kappa shape index (κ2) is 6.75. The van der Waals surface area contributed by atoms with E-state index in [-0.39, 0.29) is 6.04 Å². The van der Waals surface area contributed by atoms with Gasteiger partial charge in [0.15, 0.2) is 0 Å². The van der Waals surface area contributed by atoms with Crippen LogP contribution in [0.4, 0.5) is 0 Å². The number of hydrogen-bond acceptors (Lipinski definition) is 3. The molecule has 0 aliphatic carbocycles. The van der Waals surface area contributed by atoms with Gasteiger partial charge in [-0.05, 0) is 45.9 Å². The summed E-state index contributed by atoms with van der Waals surface area (Å²) in [6.45, 7) is 10.3. The van der Waals surface area contributed by atoms with E-state index in [0.29, 0.717) is 0 Å². The van der Waals surface area contributed by atoms with Crippen molar-refractivity contribution in [2.45, 2.75) is 53.1 Å². The molecule has 4 heteroatoms. The van der Waals surface area contributed by atoms with Crippen molar-refractivity contribution < 1.29 is 4.42 Å². The monoisotopic (exact) mass is 275 g/mol. The van der Waals surface area contributed by atoms with Gasteiger partial charge in [-0.15, -0.1) is 0 Å². The summed E-state index contributed by atoms with van der Waals surface area (Å²) in [6.07, 6.45) is 3.84. The Morgan fingerprint density at radius 3 is 2.75 bits per heavy atom. The maximum atomic E-state index is 5.46. The van der Waals surface area contributed by atoms with Crippen LogP contribution in [0.2, 0.25) is 0 Å². The molecule has 2 aromatic rings. The first-order valence-corrected chi connectivity index (χ1v) is 7.46. The van der Waals surface area contributed by atoms with Crippen LogP contribution in [0.3, 0.4) is 0 Å². The Balaban J connectivity index is 2.21. The summed E-state index contributed by atoms with van der Waals surface area (Å²) in [7, 11) is 0. The lowest BCUT2D eigenvalue weighted by molar-refractivity contribution is 0.480. The number of rotatable bonds is 7. The van der Waals surface area contributed by atoms with Crippen molar-refractivity contribution in [1.82, 2.24) is 15.1 Å². The van der Waals surface area contributed by atoms with Crippen molar-refractivity contribution in [3.8, 4) is 0 Å². The predicted molar refractivity (Wildman–Crippen MR) is 80.8 cm³/mol. The van der Waals surface area contributed by atoms with Crippen molar-refractivity contribution >= 4 is 0 Å². The molecule has 1 unspecified atom stereocenters. The van der Waals surface area contributed by atoms with Crippen LogP contribution in [-0.2, 0) is 13.0 Å². The fraction of sp³-hybridized carbons (Fsp3) is 0.562. The van der Waals surface area contributed by atoms with Gasteiger partial charge in [-0.2, -0.15) is 5.10 Å². The molecular formula is C16H25N3O. The van der Waals surface area contributed by atoms with Gasteiger partial charge in [0.1, 0.15) is 5.76 Å². The summed E-state index contributed by atoms with van der Waals surface area (Å²) in [4.78, 5) is 0. The first-order valence-electron chi connectivity index (χ1n) is 7.46. The second-order valence-corrected chi connectivity index (χ2v) is 5.24. The maximum Gasteiger partial charge on any atom is 0.105 e. The van der Waals surface area contributed by atoms with E-state index in [2.05, 4.69) is 41.1 Å². The molecular weight excluding hydrogens is 250 g/mol. The molecule has 0 saturated heterocycles. The van der Waals surface area contributed by atoms with Crippen LogP contribution in [0.5, 0.6) is 0 Å². The molecule has 4 nitrogen and oxygen atoms in total. The molecule has 0 bridgehead atoms. The van der Waals surface area contributed by atoms with Gasteiger partial charge in [0.2, 0.25) is 0 Å². The summed E-state index contributed by atoms with van der Waals surface area (Å²) >= 11 is 0. The van der Waals surface area contributed by atoms with Gasteiger partial charge in [-0.1, -0.05) is 6.92 Å². The van der Waals surface area contributed by atoms with Crippen LogP contribution < -0.4 is 5.32 Å². The Kier molecular flexibility index (Phi) is 5.01. The summed E-state index contributed by atoms with van der Waals surface area (Å²) in [5.41, 5.74) is 3.61. The highest BCUT2D eigenvalue weighted by atomic mass is 16.3. The molecule has 0 radical (unpaired) electrons. The third kappa shape index (κ3) is 3.31. The zero-order chi connectivity index (χ0) is 14.5. The first-order chi connectivity index (χ1) is 9.65. The van der Waals surface area contributed by atoms with Crippen molar-refractivity contribution in [2.75, 3.05) is 6.54 Å². The van der Waals surface area contributed by atoms with Gasteiger partial charge in [-0.25, -0.2) is 0 Å².